The van der Waals surface area contributed by atoms with Gasteiger partial charge < -0.3 is 9.47 Å². The third-order valence-electron chi connectivity index (χ3n) is 3.72. The summed E-state index contributed by atoms with van der Waals surface area (Å²) in [6.45, 7) is 1.82. The highest BCUT2D eigenvalue weighted by molar-refractivity contribution is 6.05. The van der Waals surface area contributed by atoms with Crippen molar-refractivity contribution in [3.05, 3.63) is 0 Å². The molecule has 2 atom stereocenters. The van der Waals surface area contributed by atoms with Gasteiger partial charge in [0.25, 0.3) is 0 Å². The van der Waals surface area contributed by atoms with E-state index in [2.05, 4.69) is 4.74 Å². The quantitative estimate of drug-likeness (QED) is 0.563. The van der Waals surface area contributed by atoms with Crippen molar-refractivity contribution in [2.45, 2.75) is 39.0 Å². The van der Waals surface area contributed by atoms with Gasteiger partial charge in [-0.05, 0) is 19.3 Å². The van der Waals surface area contributed by atoms with E-state index in [0.717, 1.165) is 12.8 Å². The van der Waals surface area contributed by atoms with Crippen molar-refractivity contribution in [1.82, 2.24) is 0 Å². The van der Waals surface area contributed by atoms with Crippen molar-refractivity contribution in [1.29, 1.82) is 0 Å². The molecular formula is C13H20O5. The largest absolute Gasteiger partial charge is 0.469 e. The van der Waals surface area contributed by atoms with Crippen LogP contribution >= 0.6 is 0 Å². The molecule has 0 aromatic carbocycles. The second-order valence-electron chi connectivity index (χ2n) is 4.81. The molecule has 0 spiro atoms. The van der Waals surface area contributed by atoms with Gasteiger partial charge in [-0.15, -0.1) is 0 Å². The van der Waals surface area contributed by atoms with Crippen LogP contribution in [0.3, 0.4) is 0 Å². The number of rotatable bonds is 4. The minimum Gasteiger partial charge on any atom is -0.469 e. The van der Waals surface area contributed by atoms with E-state index in [1.807, 2.05) is 6.92 Å². The number of ketones is 1. The maximum Gasteiger partial charge on any atom is 0.319 e. The van der Waals surface area contributed by atoms with Crippen LogP contribution in [0.1, 0.15) is 39.0 Å². The van der Waals surface area contributed by atoms with E-state index in [1.54, 1.807) is 0 Å². The molecule has 2 unspecified atom stereocenters. The van der Waals surface area contributed by atoms with E-state index < -0.39 is 17.4 Å². The monoisotopic (exact) mass is 256 g/mol. The summed E-state index contributed by atoms with van der Waals surface area (Å²) >= 11 is 0. The molecule has 0 aliphatic heterocycles. The molecule has 5 nitrogen and oxygen atoms in total. The van der Waals surface area contributed by atoms with Gasteiger partial charge in [-0.2, -0.15) is 0 Å². The molecule has 1 aliphatic rings. The molecule has 18 heavy (non-hydrogen) atoms. The fraction of sp³-hybridized carbons (Fsp3) is 0.769. The highest BCUT2D eigenvalue weighted by Gasteiger charge is 2.50. The van der Waals surface area contributed by atoms with Gasteiger partial charge in [-0.3, -0.25) is 14.4 Å². The average Bonchev–Trinajstić information content (AvgIpc) is 2.39. The summed E-state index contributed by atoms with van der Waals surface area (Å²) in [5.74, 6) is -1.20. The number of ether oxygens (including phenoxy) is 2. The van der Waals surface area contributed by atoms with E-state index in [-0.39, 0.29) is 24.5 Å². The normalized spacial score (nSPS) is 27.7. The van der Waals surface area contributed by atoms with Crippen molar-refractivity contribution in [3.8, 4) is 0 Å². The molecule has 5 heteroatoms. The Hall–Kier alpha value is -1.39. The topological polar surface area (TPSA) is 69.7 Å². The molecule has 0 radical (unpaired) electrons. The molecular weight excluding hydrogens is 236 g/mol. The van der Waals surface area contributed by atoms with Gasteiger partial charge in [0.05, 0.1) is 14.2 Å². The number of methoxy groups -OCH3 is 2. The summed E-state index contributed by atoms with van der Waals surface area (Å²) in [6.07, 6.45) is 2.28. The molecule has 0 aromatic heterocycles. The Morgan fingerprint density at radius 2 is 2.00 bits per heavy atom. The van der Waals surface area contributed by atoms with E-state index >= 15 is 0 Å². The summed E-state index contributed by atoms with van der Waals surface area (Å²) in [6, 6.07) is 0. The molecule has 1 aliphatic carbocycles. The predicted molar refractivity (Wildman–Crippen MR) is 63.7 cm³/mol. The highest BCUT2D eigenvalue weighted by Crippen LogP contribution is 2.41. The Labute approximate surface area is 107 Å². The van der Waals surface area contributed by atoms with Crippen LogP contribution in [0, 0.1) is 11.3 Å². The zero-order chi connectivity index (χ0) is 13.8. The summed E-state index contributed by atoms with van der Waals surface area (Å²) in [5.41, 5.74) is -1.15. The van der Waals surface area contributed by atoms with Gasteiger partial charge >= 0.3 is 11.9 Å². The van der Waals surface area contributed by atoms with Gasteiger partial charge in [0.1, 0.15) is 5.41 Å². The van der Waals surface area contributed by atoms with Crippen molar-refractivity contribution in [3.63, 3.8) is 0 Å². The van der Waals surface area contributed by atoms with Crippen LogP contribution in [0.2, 0.25) is 0 Å². The predicted octanol–water partition coefficient (Wildman–Crippen LogP) is 1.49. The Morgan fingerprint density at radius 3 is 2.56 bits per heavy atom. The molecule has 0 N–H and O–H groups in total. The molecule has 0 aromatic rings. The zero-order valence-electron chi connectivity index (χ0n) is 11.2. The molecule has 1 saturated carbocycles. The van der Waals surface area contributed by atoms with Crippen LogP contribution in [0.4, 0.5) is 0 Å². The third-order valence-corrected chi connectivity index (χ3v) is 3.72. The maximum atomic E-state index is 12.3. The molecule has 102 valence electrons. The van der Waals surface area contributed by atoms with Gasteiger partial charge in [-0.25, -0.2) is 0 Å². The minimum absolute atomic E-state index is 0.0596. The van der Waals surface area contributed by atoms with Gasteiger partial charge in [0.15, 0.2) is 5.78 Å². The van der Waals surface area contributed by atoms with Crippen molar-refractivity contribution in [2.24, 2.45) is 11.3 Å². The van der Waals surface area contributed by atoms with Crippen LogP contribution < -0.4 is 0 Å². The molecule has 1 rings (SSSR count). The fourth-order valence-corrected chi connectivity index (χ4v) is 2.60. The fourth-order valence-electron chi connectivity index (χ4n) is 2.60. The van der Waals surface area contributed by atoms with Crippen molar-refractivity contribution >= 4 is 17.7 Å². The smallest absolute Gasteiger partial charge is 0.319 e. The Bertz CT molecular complexity index is 349. The maximum absolute atomic E-state index is 12.3. The summed E-state index contributed by atoms with van der Waals surface area (Å²) in [5, 5.41) is 0. The molecule has 1 fully saturated rings. The molecule has 0 amide bonds. The SMILES string of the molecule is COC(=O)CCC1(C(=O)OC)CCCC(C)C1=O. The first-order chi connectivity index (χ1) is 8.47. The summed E-state index contributed by atoms with van der Waals surface area (Å²) in [4.78, 5) is 35.5. The second-order valence-corrected chi connectivity index (χ2v) is 4.81. The van der Waals surface area contributed by atoms with Crippen LogP contribution in [0.25, 0.3) is 0 Å². The summed E-state index contributed by atoms with van der Waals surface area (Å²) < 4.78 is 9.33. The van der Waals surface area contributed by atoms with Crippen LogP contribution in [-0.4, -0.2) is 31.9 Å². The number of hydrogen-bond acceptors (Lipinski definition) is 5. The molecule has 0 saturated heterocycles. The number of esters is 2. The van der Waals surface area contributed by atoms with Gasteiger partial charge in [0.2, 0.25) is 0 Å². The van der Waals surface area contributed by atoms with Crippen molar-refractivity contribution in [2.75, 3.05) is 14.2 Å². The molecule has 0 heterocycles. The Morgan fingerprint density at radius 1 is 1.33 bits per heavy atom. The van der Waals surface area contributed by atoms with Crippen molar-refractivity contribution < 1.29 is 23.9 Å². The lowest BCUT2D eigenvalue weighted by atomic mass is 9.66. The zero-order valence-corrected chi connectivity index (χ0v) is 11.2. The van der Waals surface area contributed by atoms with Gasteiger partial charge in [-0.1, -0.05) is 13.3 Å². The van der Waals surface area contributed by atoms with Gasteiger partial charge in [0, 0.05) is 12.3 Å². The standard InChI is InChI=1S/C13H20O5/c1-9-5-4-7-13(11(9)15,12(16)18-3)8-6-10(14)17-2/h9H,4-8H2,1-3H3. The van der Waals surface area contributed by atoms with E-state index in [1.165, 1.54) is 14.2 Å². The first-order valence-electron chi connectivity index (χ1n) is 6.17. The highest BCUT2D eigenvalue weighted by atomic mass is 16.5. The Balaban J connectivity index is 2.91. The second kappa shape index (κ2) is 5.98. The lowest BCUT2D eigenvalue weighted by Crippen LogP contribution is -2.46. The first kappa shape index (κ1) is 14.7. The number of Topliss-reactive ketones (excluding diaryl/α,β-unsaturated/α-hetero) is 1. The first-order valence-corrected chi connectivity index (χ1v) is 6.17. The minimum atomic E-state index is -1.15. The number of carbonyl (C=O) groups is 3. The lowest BCUT2D eigenvalue weighted by molar-refractivity contribution is -0.163. The summed E-state index contributed by atoms with van der Waals surface area (Å²) in [7, 11) is 2.56. The van der Waals surface area contributed by atoms with E-state index in [9.17, 15) is 14.4 Å². The van der Waals surface area contributed by atoms with Crippen LogP contribution in [0.15, 0.2) is 0 Å². The lowest BCUT2D eigenvalue weighted by Gasteiger charge is -2.35. The van der Waals surface area contributed by atoms with Crippen LogP contribution in [0.5, 0.6) is 0 Å². The third kappa shape index (κ3) is 2.71. The van der Waals surface area contributed by atoms with Crippen LogP contribution in [-0.2, 0) is 23.9 Å². The van der Waals surface area contributed by atoms with E-state index in [4.69, 9.17) is 4.74 Å². The average molecular weight is 256 g/mol. The molecule has 0 bridgehead atoms. The Kier molecular flexibility index (Phi) is 4.87. The number of carbonyl (C=O) groups excluding carboxylic acids is 3. The van der Waals surface area contributed by atoms with E-state index in [0.29, 0.717) is 6.42 Å². The number of hydrogen-bond donors (Lipinski definition) is 0.